The normalized spacial score (nSPS) is 20.7. The number of rotatable bonds is 8. The van der Waals surface area contributed by atoms with Crippen molar-refractivity contribution in [1.82, 2.24) is 4.90 Å². The molecule has 8 heteroatoms. The summed E-state index contributed by atoms with van der Waals surface area (Å²) in [7, 11) is 3.09. The number of amides is 1. The first-order valence-electron chi connectivity index (χ1n) is 12.6. The van der Waals surface area contributed by atoms with Crippen LogP contribution in [0.25, 0.3) is 0 Å². The van der Waals surface area contributed by atoms with Crippen LogP contribution in [0.2, 0.25) is 0 Å². The molecule has 3 aliphatic rings. The molecule has 194 valence electrons. The van der Waals surface area contributed by atoms with E-state index in [0.29, 0.717) is 64.2 Å². The van der Waals surface area contributed by atoms with Crippen molar-refractivity contribution < 1.29 is 32.9 Å². The monoisotopic (exact) mass is 499 g/mol. The standard InChI is InChI=1S/C28H34FNO6/c1-19(17-34-18-20-4-6-21(32-2)7-5-20)16-30-26(31)22-14-24(29)25(33-3)15-23(22)27(30)8-10-28(11-9-27)35-12-13-36-28/h4-7,14-15,19H,8-13,16-18H2,1-3H3/t19-/m1/s1. The van der Waals surface area contributed by atoms with E-state index in [1.165, 1.54) is 13.2 Å². The third kappa shape index (κ3) is 4.46. The van der Waals surface area contributed by atoms with Crippen molar-refractivity contribution in [2.75, 3.05) is 40.6 Å². The number of carbonyl (C=O) groups excluding carboxylic acids is 1. The van der Waals surface area contributed by atoms with Crippen molar-refractivity contribution in [2.45, 2.75) is 50.5 Å². The first-order valence-corrected chi connectivity index (χ1v) is 12.6. The lowest BCUT2D eigenvalue weighted by atomic mass is 9.74. The molecule has 2 heterocycles. The molecule has 2 aliphatic heterocycles. The van der Waals surface area contributed by atoms with Crippen molar-refractivity contribution in [3.8, 4) is 11.5 Å². The molecule has 2 aromatic carbocycles. The van der Waals surface area contributed by atoms with Gasteiger partial charge in [0.05, 0.1) is 46.2 Å². The summed E-state index contributed by atoms with van der Waals surface area (Å²) in [5, 5.41) is 0. The number of hydrogen-bond donors (Lipinski definition) is 0. The fraction of sp³-hybridized carbons (Fsp3) is 0.536. The molecular formula is C28H34FNO6. The summed E-state index contributed by atoms with van der Waals surface area (Å²) in [4.78, 5) is 15.6. The molecule has 0 N–H and O–H groups in total. The molecule has 0 bridgehead atoms. The minimum Gasteiger partial charge on any atom is -0.497 e. The van der Waals surface area contributed by atoms with Gasteiger partial charge in [-0.2, -0.15) is 0 Å². The van der Waals surface area contributed by atoms with E-state index in [0.717, 1.165) is 16.9 Å². The molecule has 5 rings (SSSR count). The average molecular weight is 500 g/mol. The largest absolute Gasteiger partial charge is 0.497 e. The second-order valence-corrected chi connectivity index (χ2v) is 10.1. The number of hydrogen-bond acceptors (Lipinski definition) is 6. The molecule has 1 atom stereocenters. The second-order valence-electron chi connectivity index (χ2n) is 10.1. The summed E-state index contributed by atoms with van der Waals surface area (Å²) in [5.74, 6) is -0.183. The Hall–Kier alpha value is -2.68. The first-order chi connectivity index (χ1) is 17.4. The highest BCUT2D eigenvalue weighted by atomic mass is 19.1. The Bertz CT molecular complexity index is 1090. The van der Waals surface area contributed by atoms with E-state index in [1.807, 2.05) is 29.2 Å². The van der Waals surface area contributed by atoms with Crippen LogP contribution in [0.15, 0.2) is 36.4 Å². The quantitative estimate of drug-likeness (QED) is 0.526. The summed E-state index contributed by atoms with van der Waals surface area (Å²) in [6, 6.07) is 10.8. The van der Waals surface area contributed by atoms with Crippen LogP contribution in [0.4, 0.5) is 4.39 Å². The zero-order valence-corrected chi connectivity index (χ0v) is 21.2. The smallest absolute Gasteiger partial charge is 0.255 e. The molecule has 0 unspecified atom stereocenters. The van der Waals surface area contributed by atoms with Gasteiger partial charge < -0.3 is 28.6 Å². The van der Waals surface area contributed by atoms with Gasteiger partial charge in [0, 0.05) is 24.9 Å². The molecule has 0 aromatic heterocycles. The van der Waals surface area contributed by atoms with Gasteiger partial charge in [-0.3, -0.25) is 4.79 Å². The van der Waals surface area contributed by atoms with Crippen LogP contribution in [-0.2, 0) is 26.4 Å². The number of carbonyl (C=O) groups is 1. The lowest BCUT2D eigenvalue weighted by Gasteiger charge is -2.47. The van der Waals surface area contributed by atoms with Gasteiger partial charge in [0.2, 0.25) is 0 Å². The van der Waals surface area contributed by atoms with E-state index >= 15 is 0 Å². The fourth-order valence-electron chi connectivity index (χ4n) is 5.85. The molecule has 7 nitrogen and oxygen atoms in total. The van der Waals surface area contributed by atoms with E-state index in [4.69, 9.17) is 23.7 Å². The van der Waals surface area contributed by atoms with Crippen LogP contribution in [0, 0.1) is 11.7 Å². The highest BCUT2D eigenvalue weighted by Crippen LogP contribution is 2.53. The molecular weight excluding hydrogens is 465 g/mol. The van der Waals surface area contributed by atoms with Crippen molar-refractivity contribution in [1.29, 1.82) is 0 Å². The maximum absolute atomic E-state index is 14.6. The van der Waals surface area contributed by atoms with Crippen LogP contribution in [-0.4, -0.2) is 57.2 Å². The average Bonchev–Trinajstić information content (AvgIpc) is 3.43. The van der Waals surface area contributed by atoms with Crippen molar-refractivity contribution in [3.05, 3.63) is 58.9 Å². The SMILES string of the molecule is COc1ccc(COC[C@H](C)CN2C(=O)c3cc(F)c(OC)cc3C23CCC2(CC3)OCCO2)cc1. The molecule has 1 aliphatic carbocycles. The molecule has 2 aromatic rings. The van der Waals surface area contributed by atoms with Gasteiger partial charge >= 0.3 is 0 Å². The van der Waals surface area contributed by atoms with Gasteiger partial charge in [0.1, 0.15) is 5.75 Å². The van der Waals surface area contributed by atoms with E-state index in [-0.39, 0.29) is 17.6 Å². The lowest BCUT2D eigenvalue weighted by Crippen LogP contribution is -2.51. The molecule has 1 amide bonds. The number of fused-ring (bicyclic) bond motifs is 2. The summed E-state index contributed by atoms with van der Waals surface area (Å²) >= 11 is 0. The zero-order chi connectivity index (χ0) is 25.3. The van der Waals surface area contributed by atoms with E-state index in [1.54, 1.807) is 13.2 Å². The number of methoxy groups -OCH3 is 2. The van der Waals surface area contributed by atoms with E-state index in [9.17, 15) is 9.18 Å². The van der Waals surface area contributed by atoms with Crippen molar-refractivity contribution in [2.24, 2.45) is 5.92 Å². The number of nitrogens with zero attached hydrogens (tertiary/aromatic N) is 1. The maximum Gasteiger partial charge on any atom is 0.255 e. The van der Waals surface area contributed by atoms with Crippen molar-refractivity contribution >= 4 is 5.91 Å². The Morgan fingerprint density at radius 3 is 2.36 bits per heavy atom. The maximum atomic E-state index is 14.6. The number of ether oxygens (including phenoxy) is 5. The van der Waals surface area contributed by atoms with Gasteiger partial charge in [-0.15, -0.1) is 0 Å². The van der Waals surface area contributed by atoms with Crippen LogP contribution >= 0.6 is 0 Å². The summed E-state index contributed by atoms with van der Waals surface area (Å²) in [6.45, 7) is 4.74. The third-order valence-electron chi connectivity index (χ3n) is 7.76. The summed E-state index contributed by atoms with van der Waals surface area (Å²) in [6.07, 6.45) is 2.72. The predicted molar refractivity (Wildman–Crippen MR) is 131 cm³/mol. The first kappa shape index (κ1) is 25.0. The van der Waals surface area contributed by atoms with Crippen molar-refractivity contribution in [3.63, 3.8) is 0 Å². The van der Waals surface area contributed by atoms with Gasteiger partial charge in [0.25, 0.3) is 5.91 Å². The highest BCUT2D eigenvalue weighted by molar-refractivity contribution is 6.00. The van der Waals surface area contributed by atoms with Gasteiger partial charge in [0.15, 0.2) is 17.4 Å². The Morgan fingerprint density at radius 2 is 1.72 bits per heavy atom. The van der Waals surface area contributed by atoms with Gasteiger partial charge in [-0.05, 0) is 54.2 Å². The zero-order valence-electron chi connectivity index (χ0n) is 21.2. The van der Waals surface area contributed by atoms with E-state index < -0.39 is 17.1 Å². The molecule has 1 saturated heterocycles. The minimum absolute atomic E-state index is 0.0833. The topological polar surface area (TPSA) is 66.5 Å². The van der Waals surface area contributed by atoms with Crippen LogP contribution < -0.4 is 9.47 Å². The number of halogens is 1. The predicted octanol–water partition coefficient (Wildman–Crippen LogP) is 4.66. The van der Waals surface area contributed by atoms with Gasteiger partial charge in [-0.25, -0.2) is 4.39 Å². The Balaban J connectivity index is 1.32. The molecule has 36 heavy (non-hydrogen) atoms. The Kier molecular flexibility index (Phi) is 6.94. The Morgan fingerprint density at radius 1 is 1.03 bits per heavy atom. The van der Waals surface area contributed by atoms with Crippen LogP contribution in [0.3, 0.4) is 0 Å². The fourth-order valence-corrected chi connectivity index (χ4v) is 5.85. The van der Waals surface area contributed by atoms with Crippen LogP contribution in [0.5, 0.6) is 11.5 Å². The van der Waals surface area contributed by atoms with E-state index in [2.05, 4.69) is 6.92 Å². The minimum atomic E-state index is -0.570. The molecule has 2 fully saturated rings. The Labute approximate surface area is 211 Å². The lowest BCUT2D eigenvalue weighted by molar-refractivity contribution is -0.193. The van der Waals surface area contributed by atoms with Crippen LogP contribution in [0.1, 0.15) is 54.1 Å². The molecule has 1 saturated carbocycles. The summed E-state index contributed by atoms with van der Waals surface area (Å²) < 4.78 is 43.0. The number of benzene rings is 2. The third-order valence-corrected chi connectivity index (χ3v) is 7.76. The second kappa shape index (κ2) is 10.00. The van der Waals surface area contributed by atoms with Gasteiger partial charge in [-0.1, -0.05) is 19.1 Å². The molecule has 2 spiro atoms. The highest BCUT2D eigenvalue weighted by Gasteiger charge is 2.55. The summed E-state index contributed by atoms with van der Waals surface area (Å²) in [5.41, 5.74) is 1.77. The molecule has 0 radical (unpaired) electrons.